The number of hydrogen-bond donors (Lipinski definition) is 2. The number of nitro groups is 1. The van der Waals surface area contributed by atoms with Gasteiger partial charge in [0.2, 0.25) is 0 Å². The Kier molecular flexibility index (Phi) is 5.24. The zero-order valence-electron chi connectivity index (χ0n) is 12.2. The van der Waals surface area contributed by atoms with Gasteiger partial charge in [-0.05, 0) is 29.8 Å². The Morgan fingerprint density at radius 3 is 2.30 bits per heavy atom. The van der Waals surface area contributed by atoms with Crippen molar-refractivity contribution in [2.45, 2.75) is 0 Å². The molecule has 0 spiro atoms. The summed E-state index contributed by atoms with van der Waals surface area (Å²) < 4.78 is 4.49. The van der Waals surface area contributed by atoms with Gasteiger partial charge in [0.1, 0.15) is 0 Å². The summed E-state index contributed by atoms with van der Waals surface area (Å²) in [5.41, 5.74) is 4.85. The molecule has 8 heteroatoms. The van der Waals surface area contributed by atoms with Crippen molar-refractivity contribution in [2.75, 3.05) is 17.9 Å². The predicted molar refractivity (Wildman–Crippen MR) is 86.8 cm³/mol. The Bertz CT molecular complexity index is 711. The highest BCUT2D eigenvalue weighted by Crippen LogP contribution is 2.15. The number of ether oxygens (including phenoxy) is 1. The molecule has 2 rings (SSSR count). The molecule has 0 fully saturated rings. The molecule has 118 valence electrons. The number of nitro benzene ring substituents is 1. The Labute approximate surface area is 131 Å². The molecule has 0 saturated carbocycles. The van der Waals surface area contributed by atoms with E-state index in [2.05, 4.69) is 20.6 Å². The average molecular weight is 314 g/mol. The second kappa shape index (κ2) is 7.55. The van der Waals surface area contributed by atoms with Gasteiger partial charge in [-0.2, -0.15) is 5.10 Å². The van der Waals surface area contributed by atoms with Gasteiger partial charge in [0, 0.05) is 17.8 Å². The number of anilines is 2. The van der Waals surface area contributed by atoms with Crippen LogP contribution in [0.2, 0.25) is 0 Å². The van der Waals surface area contributed by atoms with Crippen LogP contribution in [0.4, 0.5) is 21.9 Å². The number of rotatable bonds is 5. The maximum Gasteiger partial charge on any atom is 0.411 e. The molecule has 0 radical (unpaired) electrons. The Morgan fingerprint density at radius 2 is 1.74 bits per heavy atom. The normalized spacial score (nSPS) is 10.3. The van der Waals surface area contributed by atoms with E-state index in [4.69, 9.17) is 0 Å². The topological polar surface area (TPSA) is 106 Å². The second-order valence-corrected chi connectivity index (χ2v) is 4.41. The third-order valence-electron chi connectivity index (χ3n) is 2.83. The maximum absolute atomic E-state index is 11.0. The van der Waals surface area contributed by atoms with Crippen LogP contribution in [0, 0.1) is 10.1 Å². The van der Waals surface area contributed by atoms with Crippen LogP contribution in [0.25, 0.3) is 0 Å². The SMILES string of the molecule is COC(=O)Nc1ccc(/C=N\Nc2ccc([N+](=O)[O-])cc2)cc1. The molecule has 1 amide bonds. The first-order chi connectivity index (χ1) is 11.1. The molecule has 0 unspecified atom stereocenters. The molecule has 0 aliphatic heterocycles. The first-order valence-electron chi connectivity index (χ1n) is 6.57. The summed E-state index contributed by atoms with van der Waals surface area (Å²) in [5, 5.41) is 17.1. The number of hydrazone groups is 1. The van der Waals surface area contributed by atoms with E-state index in [1.807, 2.05) is 0 Å². The van der Waals surface area contributed by atoms with Gasteiger partial charge in [-0.3, -0.25) is 20.9 Å². The van der Waals surface area contributed by atoms with E-state index in [0.717, 1.165) is 5.56 Å². The van der Waals surface area contributed by atoms with Gasteiger partial charge in [-0.1, -0.05) is 12.1 Å². The standard InChI is InChI=1S/C15H14N4O4/c1-23-15(20)17-12-4-2-11(3-5-12)10-16-18-13-6-8-14(9-7-13)19(21)22/h2-10,18H,1H3,(H,17,20)/b16-10-. The monoisotopic (exact) mass is 314 g/mol. The minimum absolute atomic E-state index is 0.0215. The fraction of sp³-hybridized carbons (Fsp3) is 0.0667. The quantitative estimate of drug-likeness (QED) is 0.500. The molecule has 2 aromatic rings. The molecule has 0 atom stereocenters. The van der Waals surface area contributed by atoms with Crippen molar-refractivity contribution in [1.29, 1.82) is 0 Å². The fourth-order valence-electron chi connectivity index (χ4n) is 1.66. The summed E-state index contributed by atoms with van der Waals surface area (Å²) in [6, 6.07) is 12.9. The Morgan fingerprint density at radius 1 is 1.13 bits per heavy atom. The van der Waals surface area contributed by atoms with Crippen LogP contribution in [0.3, 0.4) is 0 Å². The summed E-state index contributed by atoms with van der Waals surface area (Å²) in [7, 11) is 1.29. The molecule has 23 heavy (non-hydrogen) atoms. The van der Waals surface area contributed by atoms with Crippen LogP contribution in [0.15, 0.2) is 53.6 Å². The van der Waals surface area contributed by atoms with Crippen molar-refractivity contribution in [3.63, 3.8) is 0 Å². The fourth-order valence-corrected chi connectivity index (χ4v) is 1.66. The minimum atomic E-state index is -0.536. The zero-order chi connectivity index (χ0) is 16.7. The van der Waals surface area contributed by atoms with Gasteiger partial charge in [-0.15, -0.1) is 0 Å². The van der Waals surface area contributed by atoms with E-state index >= 15 is 0 Å². The summed E-state index contributed by atoms with van der Waals surface area (Å²) in [6.07, 6.45) is 1.05. The number of hydrogen-bond acceptors (Lipinski definition) is 6. The number of nitrogens with one attached hydrogen (secondary N) is 2. The van der Waals surface area contributed by atoms with E-state index in [-0.39, 0.29) is 5.69 Å². The van der Waals surface area contributed by atoms with E-state index in [1.165, 1.54) is 19.2 Å². The van der Waals surface area contributed by atoms with Crippen LogP contribution in [0.1, 0.15) is 5.56 Å². The van der Waals surface area contributed by atoms with Crippen LogP contribution in [-0.4, -0.2) is 24.3 Å². The molecule has 2 N–H and O–H groups in total. The van der Waals surface area contributed by atoms with Crippen molar-refractivity contribution in [3.8, 4) is 0 Å². The number of methoxy groups -OCH3 is 1. The molecule has 8 nitrogen and oxygen atoms in total. The molecular formula is C15H14N4O4. The molecule has 0 aliphatic rings. The smallest absolute Gasteiger partial charge is 0.411 e. The molecular weight excluding hydrogens is 300 g/mol. The van der Waals surface area contributed by atoms with Crippen molar-refractivity contribution < 1.29 is 14.5 Å². The van der Waals surface area contributed by atoms with Crippen LogP contribution >= 0.6 is 0 Å². The lowest BCUT2D eigenvalue weighted by Crippen LogP contribution is -2.10. The molecule has 0 saturated heterocycles. The number of benzene rings is 2. The lowest BCUT2D eigenvalue weighted by molar-refractivity contribution is -0.384. The largest absolute Gasteiger partial charge is 0.453 e. The van der Waals surface area contributed by atoms with Gasteiger partial charge >= 0.3 is 6.09 Å². The van der Waals surface area contributed by atoms with Crippen LogP contribution < -0.4 is 10.7 Å². The van der Waals surface area contributed by atoms with E-state index in [0.29, 0.717) is 11.4 Å². The van der Waals surface area contributed by atoms with Crippen molar-refractivity contribution in [1.82, 2.24) is 0 Å². The summed E-state index contributed by atoms with van der Waals surface area (Å²) in [4.78, 5) is 21.1. The van der Waals surface area contributed by atoms with Gasteiger partial charge in [0.25, 0.3) is 5.69 Å². The number of non-ortho nitro benzene ring substituents is 1. The lowest BCUT2D eigenvalue weighted by atomic mass is 10.2. The maximum atomic E-state index is 11.0. The summed E-state index contributed by atoms with van der Waals surface area (Å²) >= 11 is 0. The Hall–Kier alpha value is -3.42. The summed E-state index contributed by atoms with van der Waals surface area (Å²) in [6.45, 7) is 0. The highest BCUT2D eigenvalue weighted by molar-refractivity contribution is 5.86. The number of carbonyl (C=O) groups excluding carboxylic acids is 1. The molecule has 0 aliphatic carbocycles. The first-order valence-corrected chi connectivity index (χ1v) is 6.57. The van der Waals surface area contributed by atoms with Gasteiger partial charge in [0.15, 0.2) is 0 Å². The van der Waals surface area contributed by atoms with E-state index < -0.39 is 11.0 Å². The average Bonchev–Trinajstić information content (AvgIpc) is 2.57. The first kappa shape index (κ1) is 16.0. The van der Waals surface area contributed by atoms with Crippen molar-refractivity contribution in [3.05, 3.63) is 64.2 Å². The minimum Gasteiger partial charge on any atom is -0.453 e. The molecule has 0 heterocycles. The second-order valence-electron chi connectivity index (χ2n) is 4.41. The van der Waals surface area contributed by atoms with Crippen LogP contribution in [0.5, 0.6) is 0 Å². The third kappa shape index (κ3) is 4.81. The van der Waals surface area contributed by atoms with E-state index in [9.17, 15) is 14.9 Å². The van der Waals surface area contributed by atoms with Gasteiger partial charge < -0.3 is 4.74 Å². The number of amides is 1. The zero-order valence-corrected chi connectivity index (χ0v) is 12.2. The van der Waals surface area contributed by atoms with Crippen LogP contribution in [-0.2, 0) is 4.74 Å². The predicted octanol–water partition coefficient (Wildman–Crippen LogP) is 3.22. The number of carbonyl (C=O) groups is 1. The summed E-state index contributed by atoms with van der Waals surface area (Å²) in [5.74, 6) is 0. The molecule has 0 bridgehead atoms. The molecule has 2 aromatic carbocycles. The van der Waals surface area contributed by atoms with Gasteiger partial charge in [-0.25, -0.2) is 4.79 Å². The third-order valence-corrected chi connectivity index (χ3v) is 2.83. The Balaban J connectivity index is 1.92. The number of nitrogens with zero attached hydrogens (tertiary/aromatic N) is 2. The molecule has 0 aromatic heterocycles. The van der Waals surface area contributed by atoms with Crippen molar-refractivity contribution >= 4 is 29.4 Å². The highest BCUT2D eigenvalue weighted by Gasteiger charge is 2.03. The van der Waals surface area contributed by atoms with Crippen molar-refractivity contribution in [2.24, 2.45) is 5.10 Å². The highest BCUT2D eigenvalue weighted by atomic mass is 16.6. The lowest BCUT2D eigenvalue weighted by Gasteiger charge is -2.03. The van der Waals surface area contributed by atoms with Gasteiger partial charge in [0.05, 0.1) is 23.9 Å². The van der Waals surface area contributed by atoms with E-state index in [1.54, 1.807) is 42.6 Å².